The monoisotopic (exact) mass is 187 g/mol. The Bertz CT molecular complexity index is 198. The number of carboxylic acid groups (broad SMARTS) is 1. The zero-order valence-electron chi connectivity index (χ0n) is 7.28. The first-order valence-corrected chi connectivity index (χ1v) is 4.31. The second-order valence-electron chi connectivity index (χ2n) is 2.94. The van der Waals surface area contributed by atoms with Crippen LogP contribution in [-0.4, -0.2) is 36.2 Å². The lowest BCUT2D eigenvalue weighted by atomic mass is 10.2. The van der Waals surface area contributed by atoms with Crippen molar-refractivity contribution in [3.63, 3.8) is 0 Å². The highest BCUT2D eigenvalue weighted by Gasteiger charge is 2.22. The van der Waals surface area contributed by atoms with Gasteiger partial charge in [-0.1, -0.05) is 0 Å². The molecule has 74 valence electrons. The largest absolute Gasteiger partial charge is 0.481 e. The van der Waals surface area contributed by atoms with Crippen LogP contribution in [0.3, 0.4) is 0 Å². The summed E-state index contributed by atoms with van der Waals surface area (Å²) in [6, 6.07) is 0. The molecule has 2 N–H and O–H groups in total. The average molecular weight is 187 g/mol. The maximum Gasteiger partial charge on any atom is 0.305 e. The van der Waals surface area contributed by atoms with Crippen LogP contribution in [0, 0.1) is 0 Å². The van der Waals surface area contributed by atoms with Crippen molar-refractivity contribution < 1.29 is 19.4 Å². The summed E-state index contributed by atoms with van der Waals surface area (Å²) in [7, 11) is 0. The molecule has 0 bridgehead atoms. The molecule has 5 nitrogen and oxygen atoms in total. The fraction of sp³-hybridized carbons (Fsp3) is 0.750. The molecule has 0 aromatic rings. The van der Waals surface area contributed by atoms with Crippen molar-refractivity contribution in [3.8, 4) is 0 Å². The van der Waals surface area contributed by atoms with Crippen molar-refractivity contribution in [2.45, 2.75) is 25.4 Å². The number of aliphatic carboxylic acids is 1. The van der Waals surface area contributed by atoms with Crippen molar-refractivity contribution in [2.75, 3.05) is 13.2 Å². The number of ether oxygens (including phenoxy) is 1. The van der Waals surface area contributed by atoms with E-state index in [1.54, 1.807) is 0 Å². The van der Waals surface area contributed by atoms with Gasteiger partial charge in [-0.25, -0.2) is 0 Å². The topological polar surface area (TPSA) is 75.6 Å². The van der Waals surface area contributed by atoms with Crippen molar-refractivity contribution in [1.29, 1.82) is 0 Å². The number of carbonyl (C=O) groups excluding carboxylic acids is 1. The minimum Gasteiger partial charge on any atom is -0.481 e. The van der Waals surface area contributed by atoms with Crippen LogP contribution in [0.25, 0.3) is 0 Å². The van der Waals surface area contributed by atoms with Crippen LogP contribution in [0.5, 0.6) is 0 Å². The Balaban J connectivity index is 2.13. The van der Waals surface area contributed by atoms with Gasteiger partial charge >= 0.3 is 5.97 Å². The first-order valence-electron chi connectivity index (χ1n) is 4.31. The molecule has 1 fully saturated rings. The summed E-state index contributed by atoms with van der Waals surface area (Å²) in [4.78, 5) is 21.3. The number of hydrogen-bond acceptors (Lipinski definition) is 3. The molecule has 0 spiro atoms. The number of carboxylic acids is 1. The van der Waals surface area contributed by atoms with E-state index in [0.717, 1.165) is 12.8 Å². The van der Waals surface area contributed by atoms with Gasteiger partial charge in [-0.3, -0.25) is 9.59 Å². The van der Waals surface area contributed by atoms with Crippen molar-refractivity contribution >= 4 is 11.9 Å². The molecule has 0 saturated carbocycles. The van der Waals surface area contributed by atoms with Gasteiger partial charge < -0.3 is 15.2 Å². The van der Waals surface area contributed by atoms with E-state index in [4.69, 9.17) is 9.84 Å². The standard InChI is InChI=1S/C8H13NO4/c10-7(11)3-4-9-8(12)6-2-1-5-13-6/h6H,1-5H2,(H,9,12)(H,10,11)/t6-/m0/s1. The summed E-state index contributed by atoms with van der Waals surface area (Å²) < 4.78 is 5.11. The molecule has 1 heterocycles. The van der Waals surface area contributed by atoms with Gasteiger partial charge in [0.05, 0.1) is 6.42 Å². The van der Waals surface area contributed by atoms with Crippen LogP contribution < -0.4 is 5.32 Å². The molecule has 1 amide bonds. The summed E-state index contributed by atoms with van der Waals surface area (Å²) >= 11 is 0. The lowest BCUT2D eigenvalue weighted by molar-refractivity contribution is -0.137. The third-order valence-electron chi connectivity index (χ3n) is 1.86. The fourth-order valence-corrected chi connectivity index (χ4v) is 1.19. The third kappa shape index (κ3) is 3.42. The smallest absolute Gasteiger partial charge is 0.305 e. The summed E-state index contributed by atoms with van der Waals surface area (Å²) in [5.74, 6) is -1.11. The number of rotatable bonds is 4. The van der Waals surface area contributed by atoms with Gasteiger partial charge in [0.15, 0.2) is 0 Å². The van der Waals surface area contributed by atoms with Gasteiger partial charge in [0, 0.05) is 13.2 Å². The third-order valence-corrected chi connectivity index (χ3v) is 1.86. The zero-order valence-corrected chi connectivity index (χ0v) is 7.28. The van der Waals surface area contributed by atoms with Gasteiger partial charge in [-0.15, -0.1) is 0 Å². The van der Waals surface area contributed by atoms with Gasteiger partial charge in [-0.2, -0.15) is 0 Å². The van der Waals surface area contributed by atoms with E-state index >= 15 is 0 Å². The quantitative estimate of drug-likeness (QED) is 0.636. The second kappa shape index (κ2) is 4.81. The summed E-state index contributed by atoms with van der Waals surface area (Å²) in [6.07, 6.45) is 1.22. The SMILES string of the molecule is O=C(O)CCNC(=O)[C@@H]1CCCO1. The Kier molecular flexibility index (Phi) is 3.70. The van der Waals surface area contributed by atoms with Crippen LogP contribution >= 0.6 is 0 Å². The van der Waals surface area contributed by atoms with Crippen LogP contribution in [0.2, 0.25) is 0 Å². The second-order valence-corrected chi connectivity index (χ2v) is 2.94. The Morgan fingerprint density at radius 2 is 2.31 bits per heavy atom. The zero-order chi connectivity index (χ0) is 9.68. The minimum absolute atomic E-state index is 0.0432. The number of carbonyl (C=O) groups is 2. The van der Waals surface area contributed by atoms with Gasteiger partial charge in [0.25, 0.3) is 0 Å². The summed E-state index contributed by atoms with van der Waals surface area (Å²) in [6.45, 7) is 0.797. The first-order chi connectivity index (χ1) is 6.20. The molecule has 1 saturated heterocycles. The van der Waals surface area contributed by atoms with E-state index in [1.807, 2.05) is 0 Å². The molecule has 0 aliphatic carbocycles. The molecule has 5 heteroatoms. The molecule has 1 aliphatic heterocycles. The molecule has 1 aliphatic rings. The molecule has 0 aromatic heterocycles. The molecule has 0 aromatic carbocycles. The van der Waals surface area contributed by atoms with Crippen molar-refractivity contribution in [2.24, 2.45) is 0 Å². The van der Waals surface area contributed by atoms with Crippen molar-refractivity contribution in [1.82, 2.24) is 5.32 Å². The van der Waals surface area contributed by atoms with E-state index in [9.17, 15) is 9.59 Å². The van der Waals surface area contributed by atoms with Crippen LogP contribution in [-0.2, 0) is 14.3 Å². The molecular formula is C8H13NO4. The molecule has 13 heavy (non-hydrogen) atoms. The summed E-state index contributed by atoms with van der Waals surface area (Å²) in [5.41, 5.74) is 0. The normalized spacial score (nSPS) is 21.4. The van der Waals surface area contributed by atoms with E-state index in [-0.39, 0.29) is 25.0 Å². The molecular weight excluding hydrogens is 174 g/mol. The van der Waals surface area contributed by atoms with Crippen LogP contribution in [0.1, 0.15) is 19.3 Å². The predicted molar refractivity (Wildman–Crippen MR) is 44.2 cm³/mol. The lowest BCUT2D eigenvalue weighted by Gasteiger charge is -2.08. The Morgan fingerprint density at radius 1 is 1.54 bits per heavy atom. The molecule has 1 rings (SSSR count). The maximum absolute atomic E-state index is 11.2. The molecule has 0 radical (unpaired) electrons. The highest BCUT2D eigenvalue weighted by Crippen LogP contribution is 2.11. The minimum atomic E-state index is -0.910. The Hall–Kier alpha value is -1.10. The Labute approximate surface area is 76.1 Å². The van der Waals surface area contributed by atoms with E-state index in [2.05, 4.69) is 5.32 Å². The average Bonchev–Trinajstić information content (AvgIpc) is 2.55. The number of amides is 1. The number of hydrogen-bond donors (Lipinski definition) is 2. The summed E-state index contributed by atoms with van der Waals surface area (Å²) in [5, 5.41) is 10.8. The highest BCUT2D eigenvalue weighted by atomic mass is 16.5. The lowest BCUT2D eigenvalue weighted by Crippen LogP contribution is -2.35. The molecule has 1 atom stereocenters. The maximum atomic E-state index is 11.2. The van der Waals surface area contributed by atoms with Gasteiger partial charge in [-0.05, 0) is 12.8 Å². The molecule has 0 unspecified atom stereocenters. The van der Waals surface area contributed by atoms with E-state index in [1.165, 1.54) is 0 Å². The Morgan fingerprint density at radius 3 is 2.85 bits per heavy atom. The van der Waals surface area contributed by atoms with Crippen molar-refractivity contribution in [3.05, 3.63) is 0 Å². The van der Waals surface area contributed by atoms with E-state index in [0.29, 0.717) is 6.61 Å². The van der Waals surface area contributed by atoms with Crippen LogP contribution in [0.15, 0.2) is 0 Å². The van der Waals surface area contributed by atoms with E-state index < -0.39 is 5.97 Å². The van der Waals surface area contributed by atoms with Crippen LogP contribution in [0.4, 0.5) is 0 Å². The predicted octanol–water partition coefficient (Wildman–Crippen LogP) is -0.244. The van der Waals surface area contributed by atoms with Gasteiger partial charge in [0.2, 0.25) is 5.91 Å². The highest BCUT2D eigenvalue weighted by molar-refractivity contribution is 5.81. The number of nitrogens with one attached hydrogen (secondary N) is 1. The fourth-order valence-electron chi connectivity index (χ4n) is 1.19. The first kappa shape index (κ1) is 9.98. The van der Waals surface area contributed by atoms with Gasteiger partial charge in [0.1, 0.15) is 6.10 Å².